The fourth-order valence-electron chi connectivity index (χ4n) is 1.52. The lowest BCUT2D eigenvalue weighted by molar-refractivity contribution is 0.0123. The van der Waals surface area contributed by atoms with Gasteiger partial charge in [-0.3, -0.25) is 0 Å². The van der Waals surface area contributed by atoms with Gasteiger partial charge in [-0.25, -0.2) is 0 Å². The van der Waals surface area contributed by atoms with Crippen molar-refractivity contribution in [2.75, 3.05) is 0 Å². The summed E-state index contributed by atoms with van der Waals surface area (Å²) in [6, 6.07) is 4.86. The molecule has 90 valence electrons. The molecule has 0 aliphatic rings. The highest BCUT2D eigenvalue weighted by Gasteiger charge is 2.20. The van der Waals surface area contributed by atoms with Crippen LogP contribution in [0.4, 0.5) is 0 Å². The van der Waals surface area contributed by atoms with Crippen LogP contribution >= 0.6 is 23.2 Å². The second-order valence-electron chi connectivity index (χ2n) is 3.82. The third-order valence-electron chi connectivity index (χ3n) is 2.50. The standard InChI is InChI=1S/C12H16Cl2O2/c1-2-3-4-11(15)12(16)9-6-5-8(13)7-10(9)14/h5-7,11-12,15-16H,2-4H2,1H3/t11?,12-/m0/s1. The minimum atomic E-state index is -0.948. The van der Waals surface area contributed by atoms with E-state index in [2.05, 4.69) is 0 Å². The smallest absolute Gasteiger partial charge is 0.106 e. The summed E-state index contributed by atoms with van der Waals surface area (Å²) >= 11 is 11.7. The Balaban J connectivity index is 2.75. The molecule has 0 saturated carbocycles. The zero-order valence-corrected chi connectivity index (χ0v) is 10.7. The largest absolute Gasteiger partial charge is 0.390 e. The Morgan fingerprint density at radius 1 is 1.25 bits per heavy atom. The van der Waals surface area contributed by atoms with Gasteiger partial charge in [-0.1, -0.05) is 49.0 Å². The normalized spacial score (nSPS) is 14.8. The minimum absolute atomic E-state index is 0.385. The number of hydrogen-bond acceptors (Lipinski definition) is 2. The predicted octanol–water partition coefficient (Wildman–Crippen LogP) is 3.58. The van der Waals surface area contributed by atoms with Crippen LogP contribution in [0.15, 0.2) is 18.2 Å². The van der Waals surface area contributed by atoms with Crippen LogP contribution in [-0.4, -0.2) is 16.3 Å². The lowest BCUT2D eigenvalue weighted by Gasteiger charge is -2.19. The summed E-state index contributed by atoms with van der Waals surface area (Å²) in [5, 5.41) is 20.6. The Morgan fingerprint density at radius 3 is 2.50 bits per heavy atom. The first kappa shape index (κ1) is 13.8. The number of rotatable bonds is 5. The third kappa shape index (κ3) is 3.63. The molecular formula is C12H16Cl2O2. The third-order valence-corrected chi connectivity index (χ3v) is 3.06. The fourth-order valence-corrected chi connectivity index (χ4v) is 2.04. The molecule has 0 aliphatic carbocycles. The molecule has 0 aromatic heterocycles. The number of halogens is 2. The van der Waals surface area contributed by atoms with E-state index in [1.54, 1.807) is 18.2 Å². The zero-order valence-electron chi connectivity index (χ0n) is 9.16. The van der Waals surface area contributed by atoms with E-state index in [0.717, 1.165) is 12.8 Å². The number of aliphatic hydroxyl groups is 2. The van der Waals surface area contributed by atoms with Crippen molar-refractivity contribution >= 4 is 23.2 Å². The van der Waals surface area contributed by atoms with Crippen LogP contribution in [0.1, 0.15) is 37.9 Å². The van der Waals surface area contributed by atoms with Gasteiger partial charge in [-0.05, 0) is 18.6 Å². The molecule has 0 spiro atoms. The summed E-state index contributed by atoms with van der Waals surface area (Å²) in [6.07, 6.45) is 0.702. The fraction of sp³-hybridized carbons (Fsp3) is 0.500. The van der Waals surface area contributed by atoms with Crippen LogP contribution in [0.5, 0.6) is 0 Å². The van der Waals surface area contributed by atoms with Gasteiger partial charge < -0.3 is 10.2 Å². The molecule has 0 bridgehead atoms. The molecule has 0 heterocycles. The molecule has 1 aromatic carbocycles. The van der Waals surface area contributed by atoms with Crippen LogP contribution in [0.25, 0.3) is 0 Å². The molecule has 0 amide bonds. The van der Waals surface area contributed by atoms with Gasteiger partial charge in [-0.15, -0.1) is 0 Å². The summed E-state index contributed by atoms with van der Waals surface area (Å²) in [7, 11) is 0. The second-order valence-corrected chi connectivity index (χ2v) is 4.66. The van der Waals surface area contributed by atoms with Crippen molar-refractivity contribution < 1.29 is 10.2 Å². The maximum atomic E-state index is 9.91. The van der Waals surface area contributed by atoms with Gasteiger partial charge in [-0.2, -0.15) is 0 Å². The van der Waals surface area contributed by atoms with Gasteiger partial charge in [0.1, 0.15) is 6.10 Å². The first-order valence-electron chi connectivity index (χ1n) is 5.37. The van der Waals surface area contributed by atoms with E-state index in [1.807, 2.05) is 6.92 Å². The Kier molecular flexibility index (Phi) is 5.56. The van der Waals surface area contributed by atoms with Crippen molar-refractivity contribution in [3.8, 4) is 0 Å². The number of benzene rings is 1. The lowest BCUT2D eigenvalue weighted by Crippen LogP contribution is -2.18. The molecule has 2 atom stereocenters. The number of hydrogen-bond donors (Lipinski definition) is 2. The van der Waals surface area contributed by atoms with E-state index in [1.165, 1.54) is 0 Å². The summed E-state index contributed by atoms with van der Waals surface area (Å²) in [5.74, 6) is 0. The van der Waals surface area contributed by atoms with Gasteiger partial charge in [0.2, 0.25) is 0 Å². The second kappa shape index (κ2) is 6.45. The molecule has 4 heteroatoms. The molecule has 0 radical (unpaired) electrons. The SMILES string of the molecule is CCCCC(O)[C@@H](O)c1ccc(Cl)cc1Cl. The van der Waals surface area contributed by atoms with Crippen molar-refractivity contribution in [1.82, 2.24) is 0 Å². The van der Waals surface area contributed by atoms with Gasteiger partial charge in [0.15, 0.2) is 0 Å². The predicted molar refractivity (Wildman–Crippen MR) is 67.0 cm³/mol. The van der Waals surface area contributed by atoms with Gasteiger partial charge in [0, 0.05) is 15.6 Å². The zero-order chi connectivity index (χ0) is 12.1. The van der Waals surface area contributed by atoms with Crippen molar-refractivity contribution in [2.45, 2.75) is 38.4 Å². The van der Waals surface area contributed by atoms with Crippen LogP contribution in [0, 0.1) is 0 Å². The molecular weight excluding hydrogens is 247 g/mol. The number of unbranched alkanes of at least 4 members (excludes halogenated alkanes) is 1. The summed E-state index contributed by atoms with van der Waals surface area (Å²) in [6.45, 7) is 2.04. The highest BCUT2D eigenvalue weighted by Crippen LogP contribution is 2.29. The topological polar surface area (TPSA) is 40.5 Å². The minimum Gasteiger partial charge on any atom is -0.390 e. The highest BCUT2D eigenvalue weighted by molar-refractivity contribution is 6.35. The lowest BCUT2D eigenvalue weighted by atomic mass is 10.0. The summed E-state index contributed by atoms with van der Waals surface area (Å²) < 4.78 is 0. The van der Waals surface area contributed by atoms with E-state index in [4.69, 9.17) is 23.2 Å². The van der Waals surface area contributed by atoms with Crippen LogP contribution in [0.2, 0.25) is 10.0 Å². The van der Waals surface area contributed by atoms with Crippen LogP contribution in [-0.2, 0) is 0 Å². The van der Waals surface area contributed by atoms with E-state index >= 15 is 0 Å². The van der Waals surface area contributed by atoms with Crippen LogP contribution in [0.3, 0.4) is 0 Å². The monoisotopic (exact) mass is 262 g/mol. The van der Waals surface area contributed by atoms with Crippen molar-refractivity contribution in [2.24, 2.45) is 0 Å². The maximum absolute atomic E-state index is 9.91. The van der Waals surface area contributed by atoms with E-state index < -0.39 is 12.2 Å². The first-order valence-corrected chi connectivity index (χ1v) is 6.13. The molecule has 2 nitrogen and oxygen atoms in total. The molecule has 0 saturated heterocycles. The molecule has 0 fully saturated rings. The molecule has 0 aliphatic heterocycles. The van der Waals surface area contributed by atoms with Crippen molar-refractivity contribution in [3.63, 3.8) is 0 Å². The Labute approximate surface area is 106 Å². The Bertz CT molecular complexity index is 342. The summed E-state index contributed by atoms with van der Waals surface area (Å²) in [5.41, 5.74) is 0.523. The van der Waals surface area contributed by atoms with Crippen LogP contribution < -0.4 is 0 Å². The summed E-state index contributed by atoms with van der Waals surface area (Å²) in [4.78, 5) is 0. The molecule has 2 N–H and O–H groups in total. The van der Waals surface area contributed by atoms with Crippen molar-refractivity contribution in [3.05, 3.63) is 33.8 Å². The average Bonchev–Trinajstić information content (AvgIpc) is 2.25. The quantitative estimate of drug-likeness (QED) is 0.852. The highest BCUT2D eigenvalue weighted by atomic mass is 35.5. The van der Waals surface area contributed by atoms with Crippen molar-refractivity contribution in [1.29, 1.82) is 0 Å². The molecule has 1 rings (SSSR count). The van der Waals surface area contributed by atoms with E-state index in [-0.39, 0.29) is 0 Å². The van der Waals surface area contributed by atoms with Gasteiger partial charge >= 0.3 is 0 Å². The van der Waals surface area contributed by atoms with Gasteiger partial charge in [0.25, 0.3) is 0 Å². The first-order chi connectivity index (χ1) is 7.56. The van der Waals surface area contributed by atoms with E-state index in [0.29, 0.717) is 22.0 Å². The average molecular weight is 263 g/mol. The van der Waals surface area contributed by atoms with Gasteiger partial charge in [0.05, 0.1) is 6.10 Å². The Hall–Kier alpha value is -0.280. The molecule has 1 unspecified atom stereocenters. The molecule has 1 aromatic rings. The number of aliphatic hydroxyl groups excluding tert-OH is 2. The maximum Gasteiger partial charge on any atom is 0.106 e. The molecule has 16 heavy (non-hydrogen) atoms. The van der Waals surface area contributed by atoms with E-state index in [9.17, 15) is 10.2 Å². The Morgan fingerprint density at radius 2 is 1.94 bits per heavy atom.